The van der Waals surface area contributed by atoms with Gasteiger partial charge in [-0.25, -0.2) is 0 Å². The van der Waals surface area contributed by atoms with Crippen LogP contribution in [-0.2, 0) is 13.5 Å². The highest BCUT2D eigenvalue weighted by Crippen LogP contribution is 2.24. The standard InChI is InChI=1S/C13H25N3/c1-11(13(2,3)4)8-14-7-6-12-9-15-16(5)10-12/h9-11,14H,6-8H2,1-5H3. The fourth-order valence-corrected chi connectivity index (χ4v) is 1.46. The smallest absolute Gasteiger partial charge is 0.0522 e. The first-order valence-corrected chi connectivity index (χ1v) is 6.08. The van der Waals surface area contributed by atoms with Crippen molar-refractivity contribution in [2.45, 2.75) is 34.1 Å². The SMILES string of the molecule is CC(CNCCc1cnn(C)c1)C(C)(C)C. The molecular formula is C13H25N3. The van der Waals surface area contributed by atoms with Gasteiger partial charge in [0.2, 0.25) is 0 Å². The molecular weight excluding hydrogens is 198 g/mol. The number of nitrogens with one attached hydrogen (secondary N) is 1. The van der Waals surface area contributed by atoms with Crippen molar-refractivity contribution >= 4 is 0 Å². The average Bonchev–Trinajstić information content (AvgIpc) is 2.57. The molecule has 1 heterocycles. The summed E-state index contributed by atoms with van der Waals surface area (Å²) < 4.78 is 1.85. The summed E-state index contributed by atoms with van der Waals surface area (Å²) in [5.74, 6) is 0.696. The van der Waals surface area contributed by atoms with Crippen molar-refractivity contribution in [3.63, 3.8) is 0 Å². The monoisotopic (exact) mass is 223 g/mol. The summed E-state index contributed by atoms with van der Waals surface area (Å²) in [4.78, 5) is 0. The van der Waals surface area contributed by atoms with Crippen LogP contribution in [0.4, 0.5) is 0 Å². The predicted octanol–water partition coefficient (Wildman–Crippen LogP) is 2.23. The highest BCUT2D eigenvalue weighted by molar-refractivity contribution is 5.03. The van der Waals surface area contributed by atoms with Crippen LogP contribution in [0.5, 0.6) is 0 Å². The fraction of sp³-hybridized carbons (Fsp3) is 0.769. The second kappa shape index (κ2) is 5.48. The highest BCUT2D eigenvalue weighted by atomic mass is 15.2. The second-order valence-corrected chi connectivity index (χ2v) is 5.74. The van der Waals surface area contributed by atoms with E-state index in [2.05, 4.69) is 44.3 Å². The molecule has 16 heavy (non-hydrogen) atoms. The molecule has 0 saturated carbocycles. The van der Waals surface area contributed by atoms with Crippen molar-refractivity contribution in [1.29, 1.82) is 0 Å². The Kier molecular flexibility index (Phi) is 4.54. The first-order valence-electron chi connectivity index (χ1n) is 6.08. The van der Waals surface area contributed by atoms with Gasteiger partial charge >= 0.3 is 0 Å². The predicted molar refractivity (Wildman–Crippen MR) is 68.4 cm³/mol. The third-order valence-electron chi connectivity index (χ3n) is 3.28. The van der Waals surface area contributed by atoms with Crippen molar-refractivity contribution < 1.29 is 0 Å². The van der Waals surface area contributed by atoms with E-state index in [9.17, 15) is 0 Å². The lowest BCUT2D eigenvalue weighted by Crippen LogP contribution is -2.30. The summed E-state index contributed by atoms with van der Waals surface area (Å²) in [5, 5.41) is 7.67. The van der Waals surface area contributed by atoms with E-state index < -0.39 is 0 Å². The van der Waals surface area contributed by atoms with Crippen molar-refractivity contribution in [3.8, 4) is 0 Å². The molecule has 0 bridgehead atoms. The van der Waals surface area contributed by atoms with Crippen LogP contribution in [0.2, 0.25) is 0 Å². The molecule has 1 aromatic heterocycles. The maximum absolute atomic E-state index is 4.16. The molecule has 3 heteroatoms. The Morgan fingerprint density at radius 2 is 2.12 bits per heavy atom. The summed E-state index contributed by atoms with van der Waals surface area (Å²) in [7, 11) is 1.96. The van der Waals surface area contributed by atoms with E-state index in [0.717, 1.165) is 19.5 Å². The Hall–Kier alpha value is -0.830. The van der Waals surface area contributed by atoms with Crippen LogP contribution in [-0.4, -0.2) is 22.9 Å². The Labute approximate surface area is 99.2 Å². The zero-order chi connectivity index (χ0) is 12.2. The number of nitrogens with zero attached hydrogens (tertiary/aromatic N) is 2. The van der Waals surface area contributed by atoms with Gasteiger partial charge in [0.1, 0.15) is 0 Å². The second-order valence-electron chi connectivity index (χ2n) is 5.74. The first-order chi connectivity index (χ1) is 7.39. The molecule has 3 nitrogen and oxygen atoms in total. The minimum atomic E-state index is 0.390. The van der Waals surface area contributed by atoms with Gasteiger partial charge in [0.05, 0.1) is 6.20 Å². The molecule has 0 aliphatic heterocycles. The molecule has 0 aromatic carbocycles. The molecule has 0 aliphatic rings. The van der Waals surface area contributed by atoms with Crippen molar-refractivity contribution in [2.24, 2.45) is 18.4 Å². The van der Waals surface area contributed by atoms with Gasteiger partial charge < -0.3 is 5.32 Å². The molecule has 0 aliphatic carbocycles. The molecule has 0 fully saturated rings. The topological polar surface area (TPSA) is 29.9 Å². The number of rotatable bonds is 5. The summed E-state index contributed by atoms with van der Waals surface area (Å²) in [6.45, 7) is 11.3. The zero-order valence-electron chi connectivity index (χ0n) is 11.2. The number of aromatic nitrogens is 2. The lowest BCUT2D eigenvalue weighted by molar-refractivity contribution is 0.253. The number of hydrogen-bond donors (Lipinski definition) is 1. The largest absolute Gasteiger partial charge is 0.316 e. The van der Waals surface area contributed by atoms with Crippen molar-refractivity contribution in [2.75, 3.05) is 13.1 Å². The van der Waals surface area contributed by atoms with Crippen molar-refractivity contribution in [1.82, 2.24) is 15.1 Å². The van der Waals surface area contributed by atoms with E-state index in [1.54, 1.807) is 0 Å². The van der Waals surface area contributed by atoms with Crippen molar-refractivity contribution in [3.05, 3.63) is 18.0 Å². The van der Waals surface area contributed by atoms with Crippen LogP contribution < -0.4 is 5.32 Å². The van der Waals surface area contributed by atoms with Gasteiger partial charge in [-0.2, -0.15) is 5.10 Å². The average molecular weight is 223 g/mol. The lowest BCUT2D eigenvalue weighted by Gasteiger charge is -2.27. The molecule has 1 unspecified atom stereocenters. The van der Waals surface area contributed by atoms with Gasteiger partial charge in [-0.3, -0.25) is 4.68 Å². The highest BCUT2D eigenvalue weighted by Gasteiger charge is 2.18. The molecule has 0 amide bonds. The van der Waals surface area contributed by atoms with Gasteiger partial charge in [0.15, 0.2) is 0 Å². The Morgan fingerprint density at radius 3 is 2.62 bits per heavy atom. The van der Waals surface area contributed by atoms with Crippen LogP contribution in [0.1, 0.15) is 33.3 Å². The van der Waals surface area contributed by atoms with E-state index in [4.69, 9.17) is 0 Å². The Morgan fingerprint density at radius 1 is 1.44 bits per heavy atom. The molecule has 1 N–H and O–H groups in total. The van der Waals surface area contributed by atoms with Crippen LogP contribution in [0.3, 0.4) is 0 Å². The molecule has 0 saturated heterocycles. The lowest BCUT2D eigenvalue weighted by atomic mass is 9.82. The molecule has 1 rings (SSSR count). The van der Waals surface area contributed by atoms with Gasteiger partial charge in [-0.05, 0) is 36.4 Å². The van der Waals surface area contributed by atoms with Gasteiger partial charge in [-0.1, -0.05) is 27.7 Å². The van der Waals surface area contributed by atoms with Crippen LogP contribution in [0.25, 0.3) is 0 Å². The number of hydrogen-bond acceptors (Lipinski definition) is 2. The third-order valence-corrected chi connectivity index (χ3v) is 3.28. The maximum atomic E-state index is 4.16. The van der Waals surface area contributed by atoms with Crippen LogP contribution in [0.15, 0.2) is 12.4 Å². The quantitative estimate of drug-likeness (QED) is 0.776. The Balaban J connectivity index is 2.17. The van der Waals surface area contributed by atoms with E-state index in [1.807, 2.05) is 17.9 Å². The maximum Gasteiger partial charge on any atom is 0.0522 e. The van der Waals surface area contributed by atoms with E-state index in [-0.39, 0.29) is 0 Å². The third kappa shape index (κ3) is 4.35. The number of aryl methyl sites for hydroxylation is 1. The van der Waals surface area contributed by atoms with E-state index in [0.29, 0.717) is 11.3 Å². The molecule has 0 spiro atoms. The van der Waals surface area contributed by atoms with E-state index >= 15 is 0 Å². The summed E-state index contributed by atoms with van der Waals surface area (Å²) >= 11 is 0. The van der Waals surface area contributed by atoms with Crippen LogP contribution >= 0.6 is 0 Å². The van der Waals surface area contributed by atoms with Gasteiger partial charge in [-0.15, -0.1) is 0 Å². The molecule has 1 atom stereocenters. The summed E-state index contributed by atoms with van der Waals surface area (Å²) in [6, 6.07) is 0. The zero-order valence-corrected chi connectivity index (χ0v) is 11.2. The minimum Gasteiger partial charge on any atom is -0.316 e. The Bertz CT molecular complexity index is 309. The van der Waals surface area contributed by atoms with E-state index in [1.165, 1.54) is 5.56 Å². The molecule has 0 radical (unpaired) electrons. The molecule has 92 valence electrons. The van der Waals surface area contributed by atoms with Crippen LogP contribution in [0, 0.1) is 11.3 Å². The molecule has 1 aromatic rings. The summed E-state index contributed by atoms with van der Waals surface area (Å²) in [6.07, 6.45) is 5.08. The van der Waals surface area contributed by atoms with Gasteiger partial charge in [0, 0.05) is 13.2 Å². The minimum absolute atomic E-state index is 0.390. The normalized spacial score (nSPS) is 14.1. The van der Waals surface area contributed by atoms with Gasteiger partial charge in [0.25, 0.3) is 0 Å². The first kappa shape index (κ1) is 13.2. The fourth-order valence-electron chi connectivity index (χ4n) is 1.46. The summed E-state index contributed by atoms with van der Waals surface area (Å²) in [5.41, 5.74) is 1.69.